The van der Waals surface area contributed by atoms with Gasteiger partial charge in [-0.2, -0.15) is 0 Å². The molecule has 0 aliphatic carbocycles. The second kappa shape index (κ2) is 4.55. The van der Waals surface area contributed by atoms with Gasteiger partial charge in [-0.15, -0.1) is 11.3 Å². The third-order valence-electron chi connectivity index (χ3n) is 3.46. The van der Waals surface area contributed by atoms with Crippen molar-refractivity contribution in [1.82, 2.24) is 4.90 Å². The lowest BCUT2D eigenvalue weighted by atomic mass is 9.99. The van der Waals surface area contributed by atoms with E-state index in [-0.39, 0.29) is 11.8 Å². The summed E-state index contributed by atoms with van der Waals surface area (Å²) in [5.74, 6) is -0.615. The minimum absolute atomic E-state index is 0.206. The van der Waals surface area contributed by atoms with Crippen LogP contribution in [0.3, 0.4) is 0 Å². The van der Waals surface area contributed by atoms with Gasteiger partial charge in [0.1, 0.15) is 0 Å². The minimum Gasteiger partial charge on any atom is -0.481 e. The molecule has 1 aliphatic rings. The van der Waals surface area contributed by atoms with Crippen LogP contribution in [0.1, 0.15) is 24.8 Å². The molecular formula is C12H17NO2S. The molecule has 1 fully saturated rings. The van der Waals surface area contributed by atoms with E-state index in [0.29, 0.717) is 12.6 Å². The maximum Gasteiger partial charge on any atom is 0.308 e. The van der Waals surface area contributed by atoms with Gasteiger partial charge in [0.05, 0.1) is 5.92 Å². The summed E-state index contributed by atoms with van der Waals surface area (Å²) in [5.41, 5.74) is 0. The Balaban J connectivity index is 2.05. The molecule has 16 heavy (non-hydrogen) atoms. The second-order valence-electron chi connectivity index (χ2n) is 4.57. The SMILES string of the molecule is CC1CN(C(C)c2cccs2)CC1C(=O)O. The van der Waals surface area contributed by atoms with Crippen molar-refractivity contribution in [1.29, 1.82) is 0 Å². The van der Waals surface area contributed by atoms with E-state index in [1.54, 1.807) is 11.3 Å². The van der Waals surface area contributed by atoms with Crippen LogP contribution in [0.15, 0.2) is 17.5 Å². The van der Waals surface area contributed by atoms with Crippen molar-refractivity contribution >= 4 is 17.3 Å². The van der Waals surface area contributed by atoms with Crippen LogP contribution in [0, 0.1) is 11.8 Å². The molecule has 1 N–H and O–H groups in total. The lowest BCUT2D eigenvalue weighted by Gasteiger charge is -2.22. The lowest BCUT2D eigenvalue weighted by Crippen LogP contribution is -2.25. The fourth-order valence-corrected chi connectivity index (χ4v) is 3.17. The number of carboxylic acids is 1. The highest BCUT2D eigenvalue weighted by Crippen LogP contribution is 2.32. The molecule has 1 aliphatic heterocycles. The van der Waals surface area contributed by atoms with Gasteiger partial charge in [-0.05, 0) is 24.3 Å². The van der Waals surface area contributed by atoms with Crippen LogP contribution in [0.25, 0.3) is 0 Å². The lowest BCUT2D eigenvalue weighted by molar-refractivity contribution is -0.142. The molecule has 0 radical (unpaired) electrons. The van der Waals surface area contributed by atoms with Gasteiger partial charge in [0.25, 0.3) is 0 Å². The van der Waals surface area contributed by atoms with Crippen molar-refractivity contribution in [2.24, 2.45) is 11.8 Å². The Morgan fingerprint density at radius 3 is 2.88 bits per heavy atom. The van der Waals surface area contributed by atoms with Gasteiger partial charge in [0.2, 0.25) is 0 Å². The molecule has 2 rings (SSSR count). The molecule has 88 valence electrons. The van der Waals surface area contributed by atoms with E-state index in [4.69, 9.17) is 5.11 Å². The van der Waals surface area contributed by atoms with Gasteiger partial charge < -0.3 is 5.11 Å². The van der Waals surface area contributed by atoms with Gasteiger partial charge >= 0.3 is 5.97 Å². The maximum absolute atomic E-state index is 11.0. The molecule has 3 atom stereocenters. The van der Waals surface area contributed by atoms with E-state index >= 15 is 0 Å². The van der Waals surface area contributed by atoms with E-state index in [1.807, 2.05) is 13.0 Å². The highest BCUT2D eigenvalue weighted by molar-refractivity contribution is 7.10. The molecule has 0 aromatic carbocycles. The first-order valence-corrected chi connectivity index (χ1v) is 6.48. The average Bonchev–Trinajstić information content (AvgIpc) is 2.84. The molecule has 1 saturated heterocycles. The monoisotopic (exact) mass is 239 g/mol. The molecule has 3 nitrogen and oxygen atoms in total. The van der Waals surface area contributed by atoms with Crippen LogP contribution in [0.2, 0.25) is 0 Å². The van der Waals surface area contributed by atoms with Crippen molar-refractivity contribution in [3.05, 3.63) is 22.4 Å². The summed E-state index contributed by atoms with van der Waals surface area (Å²) in [5, 5.41) is 11.2. The summed E-state index contributed by atoms with van der Waals surface area (Å²) in [6.45, 7) is 5.74. The minimum atomic E-state index is -0.659. The predicted molar refractivity (Wildman–Crippen MR) is 64.6 cm³/mol. The van der Waals surface area contributed by atoms with Crippen LogP contribution < -0.4 is 0 Å². The Labute approximate surface area is 99.7 Å². The smallest absolute Gasteiger partial charge is 0.308 e. The molecule has 2 heterocycles. The van der Waals surface area contributed by atoms with Gasteiger partial charge in [0, 0.05) is 24.0 Å². The molecule has 3 unspecified atom stereocenters. The highest BCUT2D eigenvalue weighted by atomic mass is 32.1. The van der Waals surface area contributed by atoms with Gasteiger partial charge in [0.15, 0.2) is 0 Å². The second-order valence-corrected chi connectivity index (χ2v) is 5.55. The topological polar surface area (TPSA) is 40.5 Å². The number of thiophene rings is 1. The zero-order chi connectivity index (χ0) is 11.7. The first-order valence-electron chi connectivity index (χ1n) is 5.60. The van der Waals surface area contributed by atoms with Crippen LogP contribution >= 0.6 is 11.3 Å². The molecule has 1 aromatic heterocycles. The molecule has 1 aromatic rings. The zero-order valence-corrected chi connectivity index (χ0v) is 10.4. The number of hydrogen-bond donors (Lipinski definition) is 1. The maximum atomic E-state index is 11.0. The van der Waals surface area contributed by atoms with E-state index < -0.39 is 5.97 Å². The van der Waals surface area contributed by atoms with Crippen molar-refractivity contribution in [3.8, 4) is 0 Å². The fraction of sp³-hybridized carbons (Fsp3) is 0.583. The Morgan fingerprint density at radius 2 is 2.38 bits per heavy atom. The molecule has 4 heteroatoms. The summed E-state index contributed by atoms with van der Waals surface area (Å²) in [4.78, 5) is 14.6. The fourth-order valence-electron chi connectivity index (χ4n) is 2.35. The first-order chi connectivity index (χ1) is 7.59. The number of hydrogen-bond acceptors (Lipinski definition) is 3. The van der Waals surface area contributed by atoms with Crippen molar-refractivity contribution in [2.75, 3.05) is 13.1 Å². The number of carboxylic acid groups (broad SMARTS) is 1. The van der Waals surface area contributed by atoms with Gasteiger partial charge in [-0.3, -0.25) is 9.69 Å². The molecule has 0 spiro atoms. The third-order valence-corrected chi connectivity index (χ3v) is 4.50. The highest BCUT2D eigenvalue weighted by Gasteiger charge is 2.36. The zero-order valence-electron chi connectivity index (χ0n) is 9.59. The van der Waals surface area contributed by atoms with E-state index in [9.17, 15) is 4.79 Å². The largest absolute Gasteiger partial charge is 0.481 e. The Bertz CT molecular complexity index is 363. The number of nitrogens with zero attached hydrogens (tertiary/aromatic N) is 1. The number of likely N-dealkylation sites (tertiary alicyclic amines) is 1. The molecule has 0 saturated carbocycles. The normalized spacial score (nSPS) is 28.1. The molecule has 0 bridgehead atoms. The van der Waals surface area contributed by atoms with Gasteiger partial charge in [-0.1, -0.05) is 13.0 Å². The number of carbonyl (C=O) groups is 1. The van der Waals surface area contributed by atoms with Crippen LogP contribution in [-0.2, 0) is 4.79 Å². The van der Waals surface area contributed by atoms with Crippen molar-refractivity contribution < 1.29 is 9.90 Å². The van der Waals surface area contributed by atoms with E-state index in [0.717, 1.165) is 6.54 Å². The summed E-state index contributed by atoms with van der Waals surface area (Å²) in [6.07, 6.45) is 0. The Kier molecular flexibility index (Phi) is 3.30. The van der Waals surface area contributed by atoms with E-state index in [2.05, 4.69) is 23.3 Å². The van der Waals surface area contributed by atoms with E-state index in [1.165, 1.54) is 4.88 Å². The average molecular weight is 239 g/mol. The van der Waals surface area contributed by atoms with Crippen molar-refractivity contribution in [2.45, 2.75) is 19.9 Å². The van der Waals surface area contributed by atoms with Crippen LogP contribution in [0.4, 0.5) is 0 Å². The van der Waals surface area contributed by atoms with Crippen molar-refractivity contribution in [3.63, 3.8) is 0 Å². The standard InChI is InChI=1S/C12H17NO2S/c1-8-6-13(7-10(8)12(14)15)9(2)11-4-3-5-16-11/h3-5,8-10H,6-7H2,1-2H3,(H,14,15). The summed E-state index contributed by atoms with van der Waals surface area (Å²) in [6, 6.07) is 4.51. The number of rotatable bonds is 3. The Hall–Kier alpha value is -0.870. The summed E-state index contributed by atoms with van der Waals surface area (Å²) < 4.78 is 0. The molecular weight excluding hydrogens is 222 g/mol. The summed E-state index contributed by atoms with van der Waals surface area (Å²) in [7, 11) is 0. The van der Waals surface area contributed by atoms with Crippen LogP contribution in [-0.4, -0.2) is 29.1 Å². The van der Waals surface area contributed by atoms with Gasteiger partial charge in [-0.25, -0.2) is 0 Å². The Morgan fingerprint density at radius 1 is 1.62 bits per heavy atom. The third kappa shape index (κ3) is 2.13. The molecule has 0 amide bonds. The predicted octanol–water partition coefficient (Wildman–Crippen LogP) is 2.46. The first kappa shape index (κ1) is 11.6. The van der Waals surface area contributed by atoms with Crippen LogP contribution in [0.5, 0.6) is 0 Å². The number of aliphatic carboxylic acids is 1. The summed E-state index contributed by atoms with van der Waals surface area (Å²) >= 11 is 1.74. The quantitative estimate of drug-likeness (QED) is 0.881.